The fourth-order valence-corrected chi connectivity index (χ4v) is 4.70. The lowest BCUT2D eigenvalue weighted by molar-refractivity contribution is -0.135. The van der Waals surface area contributed by atoms with Crippen molar-refractivity contribution in [1.82, 2.24) is 10.2 Å². The fraction of sp³-hybridized carbons (Fsp3) is 0.929. The molecule has 1 saturated carbocycles. The summed E-state index contributed by atoms with van der Waals surface area (Å²) in [7, 11) is 0. The number of amides is 1. The van der Waals surface area contributed by atoms with Crippen molar-refractivity contribution < 1.29 is 4.79 Å². The Hall–Kier alpha value is -0.220. The highest BCUT2D eigenvalue weighted by Crippen LogP contribution is 2.46. The van der Waals surface area contributed by atoms with Gasteiger partial charge in [-0.1, -0.05) is 12.8 Å². The number of nitrogens with one attached hydrogen (secondary N) is 1. The minimum atomic E-state index is 0.0846. The Kier molecular flexibility index (Phi) is 3.85. The van der Waals surface area contributed by atoms with Crippen molar-refractivity contribution in [2.45, 2.75) is 44.6 Å². The molecular weight excluding hydrogens is 244 g/mol. The lowest BCUT2D eigenvalue weighted by atomic mass is 9.77. The molecule has 1 atom stereocenters. The highest BCUT2D eigenvalue weighted by Gasteiger charge is 2.39. The van der Waals surface area contributed by atoms with Crippen molar-refractivity contribution in [3.05, 3.63) is 0 Å². The summed E-state index contributed by atoms with van der Waals surface area (Å²) in [6.45, 7) is 2.99. The number of hydrogen-bond acceptors (Lipinski definition) is 3. The lowest BCUT2D eigenvalue weighted by Crippen LogP contribution is -2.53. The van der Waals surface area contributed by atoms with Gasteiger partial charge in [-0.05, 0) is 31.1 Å². The Balaban J connectivity index is 1.53. The van der Waals surface area contributed by atoms with Crippen LogP contribution in [-0.4, -0.2) is 48.0 Å². The van der Waals surface area contributed by atoms with E-state index in [9.17, 15) is 4.79 Å². The van der Waals surface area contributed by atoms with Gasteiger partial charge in [0.2, 0.25) is 5.91 Å². The largest absolute Gasteiger partial charge is 0.341 e. The first-order valence-electron chi connectivity index (χ1n) is 7.39. The number of hydrogen-bond donors (Lipinski definition) is 1. The molecule has 3 rings (SSSR count). The Morgan fingerprint density at radius 1 is 1.17 bits per heavy atom. The van der Waals surface area contributed by atoms with Gasteiger partial charge in [0, 0.05) is 31.1 Å². The Bertz CT molecular complexity index is 299. The average molecular weight is 268 g/mol. The molecule has 4 heteroatoms. The molecule has 1 aliphatic carbocycles. The van der Waals surface area contributed by atoms with Crippen LogP contribution in [-0.2, 0) is 4.79 Å². The number of piperidine rings is 1. The number of carbonyl (C=O) groups is 1. The summed E-state index contributed by atoms with van der Waals surface area (Å²) >= 11 is 1.90. The van der Waals surface area contributed by atoms with Crippen LogP contribution in [0.2, 0.25) is 0 Å². The molecule has 1 spiro atoms. The fourth-order valence-electron chi connectivity index (χ4n) is 3.77. The maximum atomic E-state index is 12.4. The molecule has 102 valence electrons. The third-order valence-corrected chi connectivity index (χ3v) is 6.08. The molecule has 1 N–H and O–H groups in total. The Labute approximate surface area is 114 Å². The molecule has 18 heavy (non-hydrogen) atoms. The monoisotopic (exact) mass is 268 g/mol. The quantitative estimate of drug-likeness (QED) is 0.788. The van der Waals surface area contributed by atoms with Gasteiger partial charge in [-0.25, -0.2) is 0 Å². The van der Waals surface area contributed by atoms with Crippen LogP contribution in [0.4, 0.5) is 0 Å². The standard InChI is InChI=1S/C14H24N2OS/c17-13(12-11-18-10-7-15-12)16-8-5-14(6-9-16)3-1-2-4-14/h12,15H,1-11H2. The van der Waals surface area contributed by atoms with E-state index in [-0.39, 0.29) is 6.04 Å². The van der Waals surface area contributed by atoms with E-state index in [4.69, 9.17) is 0 Å². The van der Waals surface area contributed by atoms with E-state index in [0.717, 1.165) is 31.1 Å². The molecule has 0 aromatic carbocycles. The van der Waals surface area contributed by atoms with E-state index in [1.807, 2.05) is 11.8 Å². The summed E-state index contributed by atoms with van der Waals surface area (Å²) in [5, 5.41) is 3.37. The summed E-state index contributed by atoms with van der Waals surface area (Å²) in [4.78, 5) is 14.5. The Morgan fingerprint density at radius 3 is 2.50 bits per heavy atom. The van der Waals surface area contributed by atoms with Crippen LogP contribution in [0.1, 0.15) is 38.5 Å². The predicted molar refractivity (Wildman–Crippen MR) is 75.8 cm³/mol. The highest BCUT2D eigenvalue weighted by molar-refractivity contribution is 7.99. The second kappa shape index (κ2) is 5.41. The topological polar surface area (TPSA) is 32.3 Å². The maximum absolute atomic E-state index is 12.4. The van der Waals surface area contributed by atoms with Gasteiger partial charge in [0.25, 0.3) is 0 Å². The molecule has 0 bridgehead atoms. The van der Waals surface area contributed by atoms with E-state index in [0.29, 0.717) is 11.3 Å². The van der Waals surface area contributed by atoms with Crippen LogP contribution in [0.25, 0.3) is 0 Å². The minimum Gasteiger partial charge on any atom is -0.341 e. The molecule has 3 aliphatic rings. The van der Waals surface area contributed by atoms with E-state index in [2.05, 4.69) is 10.2 Å². The van der Waals surface area contributed by atoms with Gasteiger partial charge in [0.15, 0.2) is 0 Å². The van der Waals surface area contributed by atoms with Gasteiger partial charge >= 0.3 is 0 Å². The third-order valence-electron chi connectivity index (χ3n) is 5.02. The first-order chi connectivity index (χ1) is 8.79. The maximum Gasteiger partial charge on any atom is 0.240 e. The molecule has 0 aromatic heterocycles. The normalized spacial score (nSPS) is 31.8. The zero-order valence-electron chi connectivity index (χ0n) is 11.1. The molecular formula is C14H24N2OS. The van der Waals surface area contributed by atoms with Crippen LogP contribution >= 0.6 is 11.8 Å². The molecule has 3 fully saturated rings. The first kappa shape index (κ1) is 12.8. The minimum absolute atomic E-state index is 0.0846. The zero-order chi connectivity index (χ0) is 12.4. The summed E-state index contributed by atoms with van der Waals surface area (Å²) in [6, 6.07) is 0.0846. The number of rotatable bonds is 1. The van der Waals surface area contributed by atoms with Crippen molar-refractivity contribution in [2.75, 3.05) is 31.1 Å². The van der Waals surface area contributed by atoms with Crippen molar-refractivity contribution in [3.63, 3.8) is 0 Å². The summed E-state index contributed by atoms with van der Waals surface area (Å²) in [5.41, 5.74) is 0.617. The number of carbonyl (C=O) groups excluding carboxylic acids is 1. The van der Waals surface area contributed by atoms with Crippen LogP contribution < -0.4 is 5.32 Å². The molecule has 0 radical (unpaired) electrons. The van der Waals surface area contributed by atoms with E-state index < -0.39 is 0 Å². The van der Waals surface area contributed by atoms with Crippen LogP contribution in [0.3, 0.4) is 0 Å². The molecule has 1 amide bonds. The van der Waals surface area contributed by atoms with Crippen LogP contribution in [0, 0.1) is 5.41 Å². The molecule has 2 heterocycles. The van der Waals surface area contributed by atoms with Crippen LogP contribution in [0.15, 0.2) is 0 Å². The zero-order valence-corrected chi connectivity index (χ0v) is 11.9. The SMILES string of the molecule is O=C(C1CSCCN1)N1CCC2(CCCC2)CC1. The highest BCUT2D eigenvalue weighted by atomic mass is 32.2. The summed E-state index contributed by atoms with van der Waals surface area (Å²) < 4.78 is 0. The third kappa shape index (κ3) is 2.55. The molecule has 0 aromatic rings. The van der Waals surface area contributed by atoms with Gasteiger partial charge in [-0.15, -0.1) is 0 Å². The first-order valence-corrected chi connectivity index (χ1v) is 8.55. The second-order valence-electron chi connectivity index (χ2n) is 6.11. The van der Waals surface area contributed by atoms with Crippen molar-refractivity contribution in [1.29, 1.82) is 0 Å². The molecule has 3 nitrogen and oxygen atoms in total. The van der Waals surface area contributed by atoms with Gasteiger partial charge in [-0.3, -0.25) is 4.79 Å². The average Bonchev–Trinajstić information content (AvgIpc) is 2.88. The predicted octanol–water partition coefficient (Wildman–Crippen LogP) is 1.87. The molecule has 1 unspecified atom stereocenters. The Morgan fingerprint density at radius 2 is 1.89 bits per heavy atom. The summed E-state index contributed by atoms with van der Waals surface area (Å²) in [5.74, 6) is 2.46. The molecule has 2 aliphatic heterocycles. The molecule has 2 saturated heterocycles. The lowest BCUT2D eigenvalue weighted by Gasteiger charge is -2.41. The smallest absolute Gasteiger partial charge is 0.240 e. The van der Waals surface area contributed by atoms with E-state index >= 15 is 0 Å². The number of nitrogens with zero attached hydrogens (tertiary/aromatic N) is 1. The van der Waals surface area contributed by atoms with Crippen molar-refractivity contribution >= 4 is 17.7 Å². The van der Waals surface area contributed by atoms with E-state index in [1.54, 1.807) is 0 Å². The van der Waals surface area contributed by atoms with Gasteiger partial charge < -0.3 is 10.2 Å². The van der Waals surface area contributed by atoms with Crippen molar-refractivity contribution in [3.8, 4) is 0 Å². The number of thioether (sulfide) groups is 1. The van der Waals surface area contributed by atoms with Gasteiger partial charge in [-0.2, -0.15) is 11.8 Å². The van der Waals surface area contributed by atoms with Crippen molar-refractivity contribution in [2.24, 2.45) is 5.41 Å². The van der Waals surface area contributed by atoms with Crippen LogP contribution in [0.5, 0.6) is 0 Å². The summed E-state index contributed by atoms with van der Waals surface area (Å²) in [6.07, 6.45) is 8.14. The van der Waals surface area contributed by atoms with Gasteiger partial charge in [0.05, 0.1) is 6.04 Å². The number of likely N-dealkylation sites (tertiary alicyclic amines) is 1. The van der Waals surface area contributed by atoms with Gasteiger partial charge in [0.1, 0.15) is 0 Å². The second-order valence-corrected chi connectivity index (χ2v) is 7.26. The van der Waals surface area contributed by atoms with E-state index in [1.165, 1.54) is 38.5 Å².